The van der Waals surface area contributed by atoms with Crippen LogP contribution in [0.15, 0.2) is 0 Å². The Balaban J connectivity index is 0. The third-order valence-electron chi connectivity index (χ3n) is 0.163. The molecule has 0 aromatic rings. The van der Waals surface area contributed by atoms with Gasteiger partial charge < -0.3 is 5.11 Å². The molecule has 4 nitrogen and oxygen atoms in total. The van der Waals surface area contributed by atoms with Crippen molar-refractivity contribution in [2.45, 2.75) is 0 Å². The van der Waals surface area contributed by atoms with Gasteiger partial charge in [-0.2, -0.15) is 8.42 Å². The van der Waals surface area contributed by atoms with Gasteiger partial charge in [-0.05, 0) is 0 Å². The predicted molar refractivity (Wildman–Crippen MR) is 24.4 cm³/mol. The van der Waals surface area contributed by atoms with Crippen LogP contribution < -0.4 is 0 Å². The molecule has 6 heteroatoms. The fourth-order valence-electron chi connectivity index (χ4n) is 0. The molecule has 0 atom stereocenters. The van der Waals surface area contributed by atoms with Crippen molar-refractivity contribution in [3.63, 3.8) is 0 Å². The van der Waals surface area contributed by atoms with Gasteiger partial charge in [0, 0.05) is 26.2 Å². The maximum absolute atomic E-state index is 9.31. The summed E-state index contributed by atoms with van der Waals surface area (Å²) in [4.78, 5) is 0. The van der Waals surface area contributed by atoms with Crippen molar-refractivity contribution in [1.82, 2.24) is 0 Å². The van der Waals surface area contributed by atoms with E-state index in [9.17, 15) is 8.42 Å². The smallest absolute Gasteiger partial charge is 0.289 e. The molecule has 0 heterocycles. The molecule has 0 saturated heterocycles. The van der Waals surface area contributed by atoms with Crippen molar-refractivity contribution in [1.29, 1.82) is 0 Å². The van der Waals surface area contributed by atoms with Crippen LogP contribution in [0.25, 0.3) is 0 Å². The summed E-state index contributed by atoms with van der Waals surface area (Å²) in [6.45, 7) is 0. The van der Waals surface area contributed by atoms with Crippen molar-refractivity contribution in [3.05, 3.63) is 0 Å². The largest absolute Gasteiger partial charge is 0.378 e. The fraction of sp³-hybridized carbons (Fsp3) is 1.00. The van der Waals surface area contributed by atoms with Crippen LogP contribution in [-0.2, 0) is 10.1 Å². The number of hydrogen-bond donors (Lipinski definition) is 2. The molecule has 0 aliphatic rings. The molecule has 0 bridgehead atoms. The maximum atomic E-state index is 9.31. The summed E-state index contributed by atoms with van der Waals surface area (Å²) in [6.07, 6.45) is 0. The van der Waals surface area contributed by atoms with Gasteiger partial charge in [0.1, 0.15) is 0 Å². The number of aliphatic hydroxyl groups is 1. The van der Waals surface area contributed by atoms with Crippen LogP contribution in [0.1, 0.15) is 0 Å². The first-order valence-corrected chi connectivity index (χ1v) is 2.73. The zero-order valence-electron chi connectivity index (χ0n) is 3.27. The molecule has 0 amide bonds. The van der Waals surface area contributed by atoms with Crippen LogP contribution in [0.2, 0.25) is 0 Å². The van der Waals surface area contributed by atoms with Crippen LogP contribution in [0.3, 0.4) is 0 Å². The van der Waals surface area contributed by atoms with Crippen LogP contribution in [-0.4, -0.2) is 50.2 Å². The second-order valence-electron chi connectivity index (χ2n) is 0.711. The summed E-state index contributed by atoms with van der Waals surface area (Å²) in [5.41, 5.74) is 0. The Labute approximate surface area is 60.4 Å². The number of rotatable bonds is 1. The first-order valence-electron chi connectivity index (χ1n) is 1.12. The second kappa shape index (κ2) is 3.72. The van der Waals surface area contributed by atoms with E-state index in [0.717, 1.165) is 0 Å². The Morgan fingerprint density at radius 1 is 1.43 bits per heavy atom. The molecule has 0 spiro atoms. The van der Waals surface area contributed by atoms with Crippen molar-refractivity contribution in [3.8, 4) is 0 Å². The van der Waals surface area contributed by atoms with E-state index in [2.05, 4.69) is 0 Å². The Bertz CT molecular complexity index is 114. The minimum absolute atomic E-state index is 0. The van der Waals surface area contributed by atoms with Gasteiger partial charge in [0.25, 0.3) is 10.1 Å². The van der Waals surface area contributed by atoms with Crippen LogP contribution in [0, 0.1) is 0 Å². The molecule has 3 radical (unpaired) electrons. The van der Waals surface area contributed by atoms with Crippen molar-refractivity contribution in [2.24, 2.45) is 0 Å². The van der Waals surface area contributed by atoms with Crippen molar-refractivity contribution in [2.75, 3.05) is 5.94 Å². The quantitative estimate of drug-likeness (QED) is 0.453. The summed E-state index contributed by atoms with van der Waals surface area (Å²) < 4.78 is 26.2. The average molecular weight is 321 g/mol. The van der Waals surface area contributed by atoms with E-state index in [1.165, 1.54) is 0 Å². The van der Waals surface area contributed by atoms with Gasteiger partial charge >= 0.3 is 0 Å². The van der Waals surface area contributed by atoms with E-state index in [0.29, 0.717) is 0 Å². The molecule has 2 N–H and O–H groups in total. The summed E-state index contributed by atoms with van der Waals surface area (Å²) in [5.74, 6) is -1.20. The molecule has 0 aromatic heterocycles. The summed E-state index contributed by atoms with van der Waals surface area (Å²) in [5, 5.41) is 7.56. The Kier molecular flexibility index (Phi) is 5.67. The molecule has 0 rings (SSSR count). The average Bonchev–Trinajstić information content (AvgIpc) is 1.35. The van der Waals surface area contributed by atoms with Gasteiger partial charge in [-0.3, -0.25) is 4.55 Å². The van der Waals surface area contributed by atoms with Gasteiger partial charge in [-0.1, -0.05) is 0 Å². The molecule has 0 fully saturated rings. The molecular weight excluding hydrogens is 317 g/mol. The fourth-order valence-corrected chi connectivity index (χ4v) is 0. The first kappa shape index (κ1) is 10.7. The predicted octanol–water partition coefficient (Wildman–Crippen LogP) is -1.56. The molecule has 0 saturated carbocycles. The van der Waals surface area contributed by atoms with Gasteiger partial charge in [0.05, 0.1) is 0 Å². The third kappa shape index (κ3) is 10.8. The Morgan fingerprint density at radius 2 is 1.57 bits per heavy atom. The second-order valence-corrected chi connectivity index (χ2v) is 2.13. The normalized spacial score (nSPS) is 10.0. The summed E-state index contributed by atoms with van der Waals surface area (Å²) in [7, 11) is -4.11. The van der Waals surface area contributed by atoms with Gasteiger partial charge in [0.15, 0.2) is 5.94 Å². The van der Waals surface area contributed by atoms with E-state index in [4.69, 9.17) is 9.66 Å². The molecule has 7 heavy (non-hydrogen) atoms. The van der Waals surface area contributed by atoms with Crippen LogP contribution in [0.4, 0.5) is 0 Å². The number of aliphatic hydroxyl groups excluding tert-OH is 1. The Hall–Kier alpha value is 0.753. The minimum Gasteiger partial charge on any atom is -0.378 e. The molecule has 0 aromatic carbocycles. The summed E-state index contributed by atoms with van der Waals surface area (Å²) >= 11 is 0. The maximum Gasteiger partial charge on any atom is 0.289 e. The zero-order valence-corrected chi connectivity index (χ0v) is 7.57. The number of hydrogen-bond acceptors (Lipinski definition) is 3. The van der Waals surface area contributed by atoms with Gasteiger partial charge in [-0.15, -0.1) is 0 Å². The van der Waals surface area contributed by atoms with Gasteiger partial charge in [-0.25, -0.2) is 0 Å². The summed E-state index contributed by atoms with van der Waals surface area (Å²) in [6, 6.07) is 0. The van der Waals surface area contributed by atoms with Crippen molar-refractivity contribution < 1.29 is 18.1 Å². The third-order valence-corrected chi connectivity index (χ3v) is 0.489. The monoisotopic (exact) mass is 321 g/mol. The Morgan fingerprint density at radius 3 is 1.57 bits per heavy atom. The van der Waals surface area contributed by atoms with E-state index in [1.807, 2.05) is 0 Å². The molecule has 0 aliphatic carbocycles. The molecule has 0 unspecified atom stereocenters. The van der Waals surface area contributed by atoms with E-state index in [-0.39, 0.29) is 26.2 Å². The van der Waals surface area contributed by atoms with E-state index >= 15 is 0 Å². The van der Waals surface area contributed by atoms with E-state index in [1.54, 1.807) is 0 Å². The van der Waals surface area contributed by atoms with Crippen LogP contribution in [0.5, 0.6) is 0 Å². The standard InChI is InChI=1S/CH4O4S.Bi/c2-1-6(3,4)5;/h2H,1H2,(H,3,4,5);. The molecule has 0 aliphatic heterocycles. The van der Waals surface area contributed by atoms with Gasteiger partial charge in [0.2, 0.25) is 0 Å². The van der Waals surface area contributed by atoms with Crippen LogP contribution >= 0.6 is 0 Å². The first-order chi connectivity index (χ1) is 2.56. The molecular formula is CH4BiO4S. The zero-order chi connectivity index (χ0) is 5.21. The van der Waals surface area contributed by atoms with Crippen molar-refractivity contribution >= 4 is 36.3 Å². The van der Waals surface area contributed by atoms with E-state index < -0.39 is 16.1 Å². The molecule has 43 valence electrons. The topological polar surface area (TPSA) is 74.6 Å². The SMILES string of the molecule is O=S(=O)(O)CO.[Bi]. The minimum atomic E-state index is -4.11.